The standard InChI is InChI=1S/C16H16FN3O/c1-9(2)14(18)15-19-16(21-20-15)12-7-8-13(17)11-6-4-3-5-10(11)12/h3-9,14H,18H2,1-2H3. The van der Waals surface area contributed by atoms with Crippen molar-refractivity contribution in [3.8, 4) is 11.5 Å². The Hall–Kier alpha value is -2.27. The topological polar surface area (TPSA) is 64.9 Å². The summed E-state index contributed by atoms with van der Waals surface area (Å²) in [6, 6.07) is 9.98. The van der Waals surface area contributed by atoms with E-state index in [-0.39, 0.29) is 17.8 Å². The molecule has 0 bridgehead atoms. The van der Waals surface area contributed by atoms with Crippen molar-refractivity contribution in [3.05, 3.63) is 48.0 Å². The number of benzene rings is 2. The number of hydrogen-bond donors (Lipinski definition) is 1. The summed E-state index contributed by atoms with van der Waals surface area (Å²) in [5.74, 6) is 0.763. The maximum absolute atomic E-state index is 13.8. The number of fused-ring (bicyclic) bond motifs is 1. The van der Waals surface area contributed by atoms with Crippen molar-refractivity contribution in [3.63, 3.8) is 0 Å². The first-order chi connectivity index (χ1) is 10.1. The van der Waals surface area contributed by atoms with Crippen molar-refractivity contribution in [2.24, 2.45) is 11.7 Å². The van der Waals surface area contributed by atoms with Crippen molar-refractivity contribution >= 4 is 10.8 Å². The van der Waals surface area contributed by atoms with Crippen molar-refractivity contribution < 1.29 is 8.91 Å². The number of hydrogen-bond acceptors (Lipinski definition) is 4. The van der Waals surface area contributed by atoms with Gasteiger partial charge in [0.2, 0.25) is 0 Å². The lowest BCUT2D eigenvalue weighted by Crippen LogP contribution is -2.18. The van der Waals surface area contributed by atoms with Crippen LogP contribution in [0.2, 0.25) is 0 Å². The molecule has 4 nitrogen and oxygen atoms in total. The highest BCUT2D eigenvalue weighted by molar-refractivity contribution is 5.95. The molecule has 0 aliphatic heterocycles. The van der Waals surface area contributed by atoms with Gasteiger partial charge < -0.3 is 10.3 Å². The Kier molecular flexibility index (Phi) is 3.43. The van der Waals surface area contributed by atoms with Crippen LogP contribution < -0.4 is 5.73 Å². The van der Waals surface area contributed by atoms with Crippen LogP contribution in [0.3, 0.4) is 0 Å². The second-order valence-corrected chi connectivity index (χ2v) is 5.37. The van der Waals surface area contributed by atoms with Gasteiger partial charge in [-0.05, 0) is 23.4 Å². The number of rotatable bonds is 3. The number of nitrogens with two attached hydrogens (primary N) is 1. The molecule has 21 heavy (non-hydrogen) atoms. The quantitative estimate of drug-likeness (QED) is 0.797. The van der Waals surface area contributed by atoms with Crippen LogP contribution >= 0.6 is 0 Å². The van der Waals surface area contributed by atoms with E-state index in [1.807, 2.05) is 26.0 Å². The highest BCUT2D eigenvalue weighted by Crippen LogP contribution is 2.30. The average Bonchev–Trinajstić information content (AvgIpc) is 2.96. The van der Waals surface area contributed by atoms with Gasteiger partial charge in [-0.2, -0.15) is 4.98 Å². The fourth-order valence-corrected chi connectivity index (χ4v) is 2.23. The minimum atomic E-state index is -0.283. The zero-order valence-corrected chi connectivity index (χ0v) is 11.9. The van der Waals surface area contributed by atoms with E-state index in [1.165, 1.54) is 6.07 Å². The third-order valence-electron chi connectivity index (χ3n) is 3.56. The molecule has 0 saturated heterocycles. The Balaban J connectivity index is 2.11. The Bertz CT molecular complexity index is 782. The van der Waals surface area contributed by atoms with E-state index in [9.17, 15) is 4.39 Å². The molecule has 2 N–H and O–H groups in total. The molecule has 1 aromatic heterocycles. The molecular weight excluding hydrogens is 269 g/mol. The summed E-state index contributed by atoms with van der Waals surface area (Å²) in [6.07, 6.45) is 0. The molecule has 3 aromatic rings. The molecule has 0 fully saturated rings. The predicted octanol–water partition coefficient (Wildman–Crippen LogP) is 3.68. The minimum absolute atomic E-state index is 0.209. The fraction of sp³-hybridized carbons (Fsp3) is 0.250. The lowest BCUT2D eigenvalue weighted by Gasteiger charge is -2.09. The maximum atomic E-state index is 13.8. The van der Waals surface area contributed by atoms with E-state index >= 15 is 0 Å². The third kappa shape index (κ3) is 2.40. The molecule has 0 amide bonds. The van der Waals surface area contributed by atoms with Crippen LogP contribution in [0.4, 0.5) is 4.39 Å². The second kappa shape index (κ2) is 5.26. The molecule has 1 unspecified atom stereocenters. The molecule has 5 heteroatoms. The minimum Gasteiger partial charge on any atom is -0.334 e. The molecular formula is C16H16FN3O. The first-order valence-electron chi connectivity index (χ1n) is 6.84. The Morgan fingerprint density at radius 2 is 1.81 bits per heavy atom. The van der Waals surface area contributed by atoms with Gasteiger partial charge >= 0.3 is 0 Å². The zero-order chi connectivity index (χ0) is 15.0. The number of aromatic nitrogens is 2. The van der Waals surface area contributed by atoms with Gasteiger partial charge in [0.25, 0.3) is 5.89 Å². The third-order valence-corrected chi connectivity index (χ3v) is 3.56. The van der Waals surface area contributed by atoms with Crippen LogP contribution in [-0.4, -0.2) is 10.1 Å². The summed E-state index contributed by atoms with van der Waals surface area (Å²) < 4.78 is 19.1. The van der Waals surface area contributed by atoms with Gasteiger partial charge in [-0.25, -0.2) is 4.39 Å². The second-order valence-electron chi connectivity index (χ2n) is 5.37. The van der Waals surface area contributed by atoms with Crippen LogP contribution in [-0.2, 0) is 0 Å². The molecule has 2 aromatic carbocycles. The van der Waals surface area contributed by atoms with Crippen molar-refractivity contribution in [1.82, 2.24) is 10.1 Å². The molecule has 0 aliphatic rings. The summed E-state index contributed by atoms with van der Waals surface area (Å²) in [4.78, 5) is 4.36. The average molecular weight is 285 g/mol. The lowest BCUT2D eigenvalue weighted by atomic mass is 10.0. The van der Waals surface area contributed by atoms with E-state index < -0.39 is 0 Å². The molecule has 108 valence electrons. The molecule has 3 rings (SSSR count). The van der Waals surface area contributed by atoms with E-state index in [4.69, 9.17) is 10.3 Å². The van der Waals surface area contributed by atoms with Gasteiger partial charge in [-0.15, -0.1) is 0 Å². The molecule has 0 saturated carbocycles. The van der Waals surface area contributed by atoms with Crippen molar-refractivity contribution in [2.45, 2.75) is 19.9 Å². The van der Waals surface area contributed by atoms with E-state index in [2.05, 4.69) is 10.1 Å². The van der Waals surface area contributed by atoms with Gasteiger partial charge in [0.15, 0.2) is 5.82 Å². The Morgan fingerprint density at radius 1 is 1.10 bits per heavy atom. The largest absolute Gasteiger partial charge is 0.334 e. The maximum Gasteiger partial charge on any atom is 0.258 e. The van der Waals surface area contributed by atoms with E-state index in [1.54, 1.807) is 18.2 Å². The Labute approximate surface area is 121 Å². The lowest BCUT2D eigenvalue weighted by molar-refractivity contribution is 0.400. The smallest absolute Gasteiger partial charge is 0.258 e. The summed E-state index contributed by atoms with van der Waals surface area (Å²) in [7, 11) is 0. The monoisotopic (exact) mass is 285 g/mol. The van der Waals surface area contributed by atoms with Gasteiger partial charge in [0, 0.05) is 10.9 Å². The molecule has 1 atom stereocenters. The number of nitrogens with zero attached hydrogens (tertiary/aromatic N) is 2. The van der Waals surface area contributed by atoms with Gasteiger partial charge in [0.1, 0.15) is 5.82 Å². The molecule has 0 aliphatic carbocycles. The van der Waals surface area contributed by atoms with Crippen LogP contribution in [0.1, 0.15) is 25.7 Å². The summed E-state index contributed by atoms with van der Waals surface area (Å²) in [5, 5.41) is 5.21. The molecule has 1 heterocycles. The summed E-state index contributed by atoms with van der Waals surface area (Å²) in [6.45, 7) is 3.99. The normalized spacial score (nSPS) is 13.0. The van der Waals surface area contributed by atoms with Gasteiger partial charge in [-0.3, -0.25) is 0 Å². The highest BCUT2D eigenvalue weighted by Gasteiger charge is 2.19. The van der Waals surface area contributed by atoms with Crippen molar-refractivity contribution in [1.29, 1.82) is 0 Å². The zero-order valence-electron chi connectivity index (χ0n) is 11.9. The highest BCUT2D eigenvalue weighted by atomic mass is 19.1. The predicted molar refractivity (Wildman–Crippen MR) is 79.0 cm³/mol. The first-order valence-corrected chi connectivity index (χ1v) is 6.84. The fourth-order valence-electron chi connectivity index (χ4n) is 2.23. The Morgan fingerprint density at radius 3 is 2.52 bits per heavy atom. The van der Waals surface area contributed by atoms with E-state index in [0.29, 0.717) is 22.7 Å². The molecule has 0 spiro atoms. The molecule has 0 radical (unpaired) electrons. The number of halogens is 1. The summed E-state index contributed by atoms with van der Waals surface area (Å²) in [5.41, 5.74) is 6.73. The van der Waals surface area contributed by atoms with Crippen LogP contribution in [0.25, 0.3) is 22.2 Å². The first kappa shape index (κ1) is 13.7. The van der Waals surface area contributed by atoms with Crippen LogP contribution in [0.5, 0.6) is 0 Å². The van der Waals surface area contributed by atoms with Crippen LogP contribution in [0.15, 0.2) is 40.9 Å². The van der Waals surface area contributed by atoms with Crippen molar-refractivity contribution in [2.75, 3.05) is 0 Å². The summed E-state index contributed by atoms with van der Waals surface area (Å²) >= 11 is 0. The van der Waals surface area contributed by atoms with Crippen LogP contribution in [0, 0.1) is 11.7 Å². The van der Waals surface area contributed by atoms with Gasteiger partial charge in [-0.1, -0.05) is 43.3 Å². The van der Waals surface area contributed by atoms with E-state index in [0.717, 1.165) is 5.39 Å². The SMILES string of the molecule is CC(C)C(N)c1noc(-c2ccc(F)c3ccccc23)n1. The van der Waals surface area contributed by atoms with Gasteiger partial charge in [0.05, 0.1) is 6.04 Å².